The summed E-state index contributed by atoms with van der Waals surface area (Å²) in [5.74, 6) is 0. The lowest BCUT2D eigenvalue weighted by Crippen LogP contribution is -2.13. The average molecular weight is 498 g/mol. The Morgan fingerprint density at radius 1 is 1.24 bits per heavy atom. The van der Waals surface area contributed by atoms with E-state index in [-0.39, 0.29) is 10.0 Å². The third kappa shape index (κ3) is 2.49. The normalized spacial score (nSPS) is 12.0. The Bertz CT molecular complexity index is 942. The summed E-state index contributed by atoms with van der Waals surface area (Å²) in [4.78, 5) is 4.37. The zero-order chi connectivity index (χ0) is 15.2. The predicted molar refractivity (Wildman–Crippen MR) is 94.2 cm³/mol. The Labute approximate surface area is 148 Å². The van der Waals surface area contributed by atoms with E-state index < -0.39 is 10.0 Å². The van der Waals surface area contributed by atoms with Gasteiger partial charge in [-0.15, -0.1) is 0 Å². The van der Waals surface area contributed by atoms with Crippen LogP contribution in [0.2, 0.25) is 5.15 Å². The SMILES string of the molecule is O=S(=O)(c1ccccc1)n1c(Cl)c(I)c2cc(Br)cnc21. The molecule has 0 N–H and O–H groups in total. The minimum Gasteiger partial charge on any atom is -0.236 e. The Morgan fingerprint density at radius 2 is 1.90 bits per heavy atom. The molecule has 0 unspecified atom stereocenters. The van der Waals surface area contributed by atoms with Crippen LogP contribution in [0.3, 0.4) is 0 Å². The number of halogens is 3. The molecule has 0 amide bonds. The molecular weight excluding hydrogens is 490 g/mol. The predicted octanol–water partition coefficient (Wildman–Crippen LogP) is 4.29. The first-order chi connectivity index (χ1) is 9.93. The third-order valence-corrected chi connectivity index (χ3v) is 6.91. The van der Waals surface area contributed by atoms with Crippen molar-refractivity contribution < 1.29 is 8.42 Å². The molecule has 8 heteroatoms. The van der Waals surface area contributed by atoms with Gasteiger partial charge in [-0.25, -0.2) is 17.4 Å². The second-order valence-corrected chi connectivity index (χ2v) is 8.35. The lowest BCUT2D eigenvalue weighted by molar-refractivity contribution is 0.589. The van der Waals surface area contributed by atoms with Crippen LogP contribution in [-0.4, -0.2) is 17.4 Å². The number of nitrogens with zero attached hydrogens (tertiary/aromatic N) is 2. The summed E-state index contributed by atoms with van der Waals surface area (Å²) in [6, 6.07) is 9.95. The van der Waals surface area contributed by atoms with Gasteiger partial charge in [0.05, 0.1) is 8.47 Å². The van der Waals surface area contributed by atoms with Gasteiger partial charge in [-0.2, -0.15) is 0 Å². The minimum atomic E-state index is -3.79. The number of aromatic nitrogens is 2. The summed E-state index contributed by atoms with van der Waals surface area (Å²) in [5, 5.41) is 0.828. The first kappa shape index (κ1) is 15.3. The van der Waals surface area contributed by atoms with Crippen molar-refractivity contribution in [3.63, 3.8) is 0 Å². The van der Waals surface area contributed by atoms with Gasteiger partial charge in [0.1, 0.15) is 5.15 Å². The molecular formula is C13H7BrClIN2O2S. The second kappa shape index (κ2) is 5.53. The molecule has 0 spiro atoms. The van der Waals surface area contributed by atoms with Gasteiger partial charge in [0, 0.05) is 16.1 Å². The van der Waals surface area contributed by atoms with E-state index in [0.717, 1.165) is 8.45 Å². The van der Waals surface area contributed by atoms with Gasteiger partial charge in [0.2, 0.25) is 0 Å². The van der Waals surface area contributed by atoms with Gasteiger partial charge in [-0.3, -0.25) is 0 Å². The van der Waals surface area contributed by atoms with Crippen LogP contribution in [0.4, 0.5) is 0 Å². The number of pyridine rings is 1. The molecule has 0 saturated heterocycles. The van der Waals surface area contributed by atoms with Gasteiger partial charge >= 0.3 is 0 Å². The standard InChI is InChI=1S/C13H7BrClIN2O2S/c14-8-6-10-11(16)12(15)18(13(10)17-7-8)21(19,20)9-4-2-1-3-5-9/h1-7H. The van der Waals surface area contributed by atoms with Gasteiger partial charge in [-0.05, 0) is 56.7 Å². The fourth-order valence-corrected chi connectivity index (χ4v) is 4.94. The lowest BCUT2D eigenvalue weighted by atomic mass is 10.3. The minimum absolute atomic E-state index is 0.139. The number of hydrogen-bond acceptors (Lipinski definition) is 3. The van der Waals surface area contributed by atoms with Crippen LogP contribution in [0.5, 0.6) is 0 Å². The molecule has 2 heterocycles. The van der Waals surface area contributed by atoms with Gasteiger partial charge in [0.25, 0.3) is 10.0 Å². The molecule has 108 valence electrons. The van der Waals surface area contributed by atoms with E-state index in [2.05, 4.69) is 20.9 Å². The Hall–Kier alpha value is -0.640. The van der Waals surface area contributed by atoms with Crippen LogP contribution < -0.4 is 0 Å². The van der Waals surface area contributed by atoms with Crippen LogP contribution in [0.15, 0.2) is 52.0 Å². The van der Waals surface area contributed by atoms with Crippen LogP contribution in [0, 0.1) is 3.57 Å². The highest BCUT2D eigenvalue weighted by molar-refractivity contribution is 14.1. The van der Waals surface area contributed by atoms with Gasteiger partial charge in [-0.1, -0.05) is 29.8 Å². The van der Waals surface area contributed by atoms with E-state index in [0.29, 0.717) is 14.6 Å². The quantitative estimate of drug-likeness (QED) is 0.497. The largest absolute Gasteiger partial charge is 0.270 e. The van der Waals surface area contributed by atoms with E-state index in [1.165, 1.54) is 12.1 Å². The van der Waals surface area contributed by atoms with Crippen molar-refractivity contribution >= 4 is 71.2 Å². The molecule has 1 aromatic carbocycles. The fourth-order valence-electron chi connectivity index (χ4n) is 1.97. The van der Waals surface area contributed by atoms with E-state index >= 15 is 0 Å². The molecule has 4 nitrogen and oxygen atoms in total. The summed E-state index contributed by atoms with van der Waals surface area (Å²) >= 11 is 11.6. The molecule has 0 aliphatic heterocycles. The van der Waals surface area contributed by atoms with E-state index in [1.54, 1.807) is 30.5 Å². The first-order valence-electron chi connectivity index (χ1n) is 5.74. The van der Waals surface area contributed by atoms with Crippen LogP contribution in [0.1, 0.15) is 0 Å². The van der Waals surface area contributed by atoms with Crippen molar-refractivity contribution in [3.05, 3.63) is 55.8 Å². The summed E-state index contributed by atoms with van der Waals surface area (Å²) in [6.07, 6.45) is 1.55. The highest BCUT2D eigenvalue weighted by Gasteiger charge is 2.26. The van der Waals surface area contributed by atoms with Crippen LogP contribution >= 0.6 is 50.1 Å². The maximum absolute atomic E-state index is 12.8. The molecule has 0 aliphatic rings. The average Bonchev–Trinajstić information content (AvgIpc) is 2.72. The summed E-state index contributed by atoms with van der Waals surface area (Å²) in [6.45, 7) is 0. The molecule has 0 atom stereocenters. The second-order valence-electron chi connectivity index (χ2n) is 4.21. The first-order valence-corrected chi connectivity index (χ1v) is 9.43. The topological polar surface area (TPSA) is 52.0 Å². The molecule has 0 bridgehead atoms. The molecule has 21 heavy (non-hydrogen) atoms. The molecule has 0 radical (unpaired) electrons. The number of fused-ring (bicyclic) bond motifs is 1. The van der Waals surface area contributed by atoms with E-state index in [9.17, 15) is 8.42 Å². The highest BCUT2D eigenvalue weighted by atomic mass is 127. The van der Waals surface area contributed by atoms with Crippen molar-refractivity contribution in [1.82, 2.24) is 8.96 Å². The van der Waals surface area contributed by atoms with Crippen molar-refractivity contribution in [2.75, 3.05) is 0 Å². The summed E-state index contributed by atoms with van der Waals surface area (Å²) in [5.41, 5.74) is 0.316. The number of rotatable bonds is 2. The lowest BCUT2D eigenvalue weighted by Gasteiger charge is -2.08. The van der Waals surface area contributed by atoms with Gasteiger partial charge < -0.3 is 0 Å². The Morgan fingerprint density at radius 3 is 2.57 bits per heavy atom. The number of hydrogen-bond donors (Lipinski definition) is 0. The zero-order valence-electron chi connectivity index (χ0n) is 10.3. The van der Waals surface area contributed by atoms with Crippen molar-refractivity contribution in [3.8, 4) is 0 Å². The van der Waals surface area contributed by atoms with Crippen molar-refractivity contribution in [2.24, 2.45) is 0 Å². The smallest absolute Gasteiger partial charge is 0.236 e. The van der Waals surface area contributed by atoms with Crippen molar-refractivity contribution in [1.29, 1.82) is 0 Å². The number of benzene rings is 1. The molecule has 0 aliphatic carbocycles. The van der Waals surface area contributed by atoms with Crippen molar-refractivity contribution in [2.45, 2.75) is 4.90 Å². The molecule has 0 fully saturated rings. The Balaban J connectivity index is 2.39. The maximum Gasteiger partial charge on any atom is 0.270 e. The van der Waals surface area contributed by atoms with E-state index in [4.69, 9.17) is 11.6 Å². The Kier molecular flexibility index (Phi) is 4.02. The molecule has 0 saturated carbocycles. The maximum atomic E-state index is 12.8. The molecule has 3 rings (SSSR count). The van der Waals surface area contributed by atoms with Crippen LogP contribution in [0.25, 0.3) is 11.0 Å². The van der Waals surface area contributed by atoms with Gasteiger partial charge in [0.15, 0.2) is 5.65 Å². The molecule has 2 aromatic heterocycles. The fraction of sp³-hybridized carbons (Fsp3) is 0. The summed E-state index contributed by atoms with van der Waals surface area (Å²) < 4.78 is 28.1. The third-order valence-electron chi connectivity index (χ3n) is 2.90. The van der Waals surface area contributed by atoms with E-state index in [1.807, 2.05) is 22.6 Å². The highest BCUT2D eigenvalue weighted by Crippen LogP contribution is 2.34. The van der Waals surface area contributed by atoms with Crippen LogP contribution in [-0.2, 0) is 10.0 Å². The molecule has 3 aromatic rings. The zero-order valence-corrected chi connectivity index (χ0v) is 15.6. The monoisotopic (exact) mass is 496 g/mol. The summed E-state index contributed by atoms with van der Waals surface area (Å²) in [7, 11) is -3.79.